The summed E-state index contributed by atoms with van der Waals surface area (Å²) in [6.45, 7) is 10.3. The largest absolute Gasteiger partial charge is 0.349 e. The lowest BCUT2D eigenvalue weighted by Crippen LogP contribution is -2.59. The first-order valence-electron chi connectivity index (χ1n) is 13.1. The summed E-state index contributed by atoms with van der Waals surface area (Å²) >= 11 is 0. The van der Waals surface area contributed by atoms with E-state index in [1.54, 1.807) is 0 Å². The molecule has 0 aromatic rings. The van der Waals surface area contributed by atoms with Gasteiger partial charge < -0.3 is 0 Å². The highest BCUT2D eigenvalue weighted by molar-refractivity contribution is 5.87. The number of urea groups is 1. The number of rotatable bonds is 3. The van der Waals surface area contributed by atoms with Gasteiger partial charge in [0.2, 0.25) is 0 Å². The maximum Gasteiger partial charge on any atom is 0.349 e. The quantitative estimate of drug-likeness (QED) is 0.372. The topological polar surface area (TPSA) is 92.7 Å². The second-order valence-corrected chi connectivity index (χ2v) is 12.9. The number of nitrogens with two attached hydrogens (primary N) is 2. The molecular weight excluding hydrogens is 400 g/mol. The summed E-state index contributed by atoms with van der Waals surface area (Å²) in [5.41, 5.74) is -0.486. The van der Waals surface area contributed by atoms with Crippen LogP contribution in [0.3, 0.4) is 0 Å². The van der Waals surface area contributed by atoms with E-state index in [1.807, 2.05) is 20.8 Å². The van der Waals surface area contributed by atoms with Gasteiger partial charge in [0, 0.05) is 5.92 Å². The Kier molecular flexibility index (Phi) is 6.43. The lowest BCUT2D eigenvalue weighted by Gasteiger charge is -2.56. The average Bonchev–Trinajstić information content (AvgIpc) is 3.08. The highest BCUT2D eigenvalue weighted by Crippen LogP contribution is 2.64. The number of carbonyl (C=O) groups excluding carboxylic acids is 2. The number of amides is 2. The van der Waals surface area contributed by atoms with Gasteiger partial charge in [-0.2, -0.15) is 0 Å². The highest BCUT2D eigenvalue weighted by Gasteiger charge is 2.58. The molecule has 4 aliphatic rings. The Morgan fingerprint density at radius 2 is 1.62 bits per heavy atom. The Morgan fingerprint density at radius 3 is 2.31 bits per heavy atom. The molecule has 32 heavy (non-hydrogen) atoms. The first kappa shape index (κ1) is 24.0. The van der Waals surface area contributed by atoms with Gasteiger partial charge >= 0.3 is 6.03 Å². The van der Waals surface area contributed by atoms with E-state index in [9.17, 15) is 9.59 Å². The maximum absolute atomic E-state index is 13.4. The highest BCUT2D eigenvalue weighted by atomic mass is 16.2. The van der Waals surface area contributed by atoms with E-state index in [4.69, 9.17) is 11.7 Å². The van der Waals surface area contributed by atoms with Gasteiger partial charge in [0.15, 0.2) is 5.78 Å². The number of ketones is 1. The van der Waals surface area contributed by atoms with Gasteiger partial charge in [-0.15, -0.1) is 0 Å². The van der Waals surface area contributed by atoms with Crippen LogP contribution in [-0.4, -0.2) is 33.9 Å². The number of hydrogen-bond donors (Lipinski definition) is 2. The monoisotopic (exact) mass is 446 g/mol. The molecule has 0 aliphatic heterocycles. The van der Waals surface area contributed by atoms with E-state index < -0.39 is 11.6 Å². The van der Waals surface area contributed by atoms with E-state index in [2.05, 4.69) is 13.8 Å². The van der Waals surface area contributed by atoms with Crippen molar-refractivity contribution in [1.82, 2.24) is 10.0 Å². The van der Waals surface area contributed by atoms with Gasteiger partial charge in [-0.3, -0.25) is 14.8 Å². The number of hydrogen-bond acceptors (Lipinski definition) is 4. The second-order valence-electron chi connectivity index (χ2n) is 12.9. The van der Waals surface area contributed by atoms with Crippen LogP contribution in [0.2, 0.25) is 0 Å². The van der Waals surface area contributed by atoms with Crippen molar-refractivity contribution in [2.24, 2.45) is 58.5 Å². The minimum absolute atomic E-state index is 0.0114. The Bertz CT molecular complexity index is 734. The molecule has 0 aromatic heterocycles. The SMILES string of the molecule is CC1CCC2C(CCC3C2CCC2(C)C(C(=O)CN(N)C(=O)N(N)C(C)(C)C)CCC32)C1. The molecule has 4 aliphatic carbocycles. The molecule has 6 heteroatoms. The summed E-state index contributed by atoms with van der Waals surface area (Å²) in [5.74, 6) is 17.2. The lowest BCUT2D eigenvalue weighted by molar-refractivity contribution is -0.131. The van der Waals surface area contributed by atoms with Crippen molar-refractivity contribution in [2.75, 3.05) is 6.54 Å². The molecule has 8 unspecified atom stereocenters. The van der Waals surface area contributed by atoms with E-state index in [-0.39, 0.29) is 23.7 Å². The van der Waals surface area contributed by atoms with Crippen LogP contribution in [0.4, 0.5) is 4.79 Å². The van der Waals surface area contributed by atoms with Crippen LogP contribution in [0.1, 0.15) is 92.4 Å². The van der Waals surface area contributed by atoms with Crippen LogP contribution in [0, 0.1) is 46.8 Å². The number of Topliss-reactive ketones (excluding diaryl/α,β-unsaturated/α-hetero) is 1. The third-order valence-corrected chi connectivity index (χ3v) is 10.1. The maximum atomic E-state index is 13.4. The number of fused-ring (bicyclic) bond motifs is 5. The first-order chi connectivity index (χ1) is 14.9. The standard InChI is InChI=1S/C26H46N4O2/c1-16-6-8-18-17(14-16)7-9-20-19(18)12-13-26(5)21(20)10-11-22(26)23(31)15-29(27)24(32)30(28)25(2,3)4/h16-22H,6-15,27-28H2,1-5H3. The first-order valence-corrected chi connectivity index (χ1v) is 13.1. The molecule has 0 bridgehead atoms. The molecule has 4 saturated carbocycles. The van der Waals surface area contributed by atoms with Gasteiger partial charge in [-0.05, 0) is 113 Å². The fourth-order valence-electron chi connectivity index (χ4n) is 8.39. The molecule has 0 radical (unpaired) electrons. The van der Waals surface area contributed by atoms with Crippen LogP contribution in [-0.2, 0) is 4.79 Å². The Labute approximate surface area is 194 Å². The van der Waals surface area contributed by atoms with Crippen molar-refractivity contribution in [3.05, 3.63) is 0 Å². The van der Waals surface area contributed by atoms with Crippen LogP contribution in [0.15, 0.2) is 0 Å². The summed E-state index contributed by atoms with van der Waals surface area (Å²) in [5, 5.41) is 2.14. The van der Waals surface area contributed by atoms with Gasteiger partial charge in [-0.1, -0.05) is 20.3 Å². The number of nitrogens with zero attached hydrogens (tertiary/aromatic N) is 2. The van der Waals surface area contributed by atoms with Crippen molar-refractivity contribution >= 4 is 11.8 Å². The zero-order chi connectivity index (χ0) is 23.4. The third-order valence-electron chi connectivity index (χ3n) is 10.1. The summed E-state index contributed by atoms with van der Waals surface area (Å²) in [6, 6.07) is -0.501. The normalized spacial score (nSPS) is 41.3. The predicted molar refractivity (Wildman–Crippen MR) is 127 cm³/mol. The molecule has 0 spiro atoms. The molecule has 4 fully saturated rings. The second kappa shape index (κ2) is 8.57. The average molecular weight is 447 g/mol. The summed E-state index contributed by atoms with van der Waals surface area (Å²) in [7, 11) is 0. The van der Waals surface area contributed by atoms with Crippen LogP contribution in [0.25, 0.3) is 0 Å². The predicted octanol–water partition coefficient (Wildman–Crippen LogP) is 4.73. The molecule has 8 atom stereocenters. The third kappa shape index (κ3) is 4.11. The van der Waals surface area contributed by atoms with Crippen molar-refractivity contribution in [1.29, 1.82) is 0 Å². The Balaban J connectivity index is 1.42. The van der Waals surface area contributed by atoms with Gasteiger partial charge in [0.25, 0.3) is 0 Å². The van der Waals surface area contributed by atoms with Crippen LogP contribution in [0.5, 0.6) is 0 Å². The molecule has 0 saturated heterocycles. The minimum atomic E-state index is -0.545. The molecule has 182 valence electrons. The molecule has 4 rings (SSSR count). The lowest BCUT2D eigenvalue weighted by atomic mass is 9.49. The fourth-order valence-corrected chi connectivity index (χ4v) is 8.39. The van der Waals surface area contributed by atoms with Crippen LogP contribution >= 0.6 is 0 Å². The van der Waals surface area contributed by atoms with E-state index in [0.717, 1.165) is 58.9 Å². The van der Waals surface area contributed by atoms with Crippen LogP contribution < -0.4 is 11.7 Å². The van der Waals surface area contributed by atoms with Gasteiger partial charge in [0.05, 0.1) is 12.1 Å². The van der Waals surface area contributed by atoms with Gasteiger partial charge in [0.1, 0.15) is 0 Å². The molecular formula is C26H46N4O2. The van der Waals surface area contributed by atoms with Crippen molar-refractivity contribution in [3.8, 4) is 0 Å². The van der Waals surface area contributed by atoms with E-state index >= 15 is 0 Å². The smallest absolute Gasteiger partial charge is 0.297 e. The summed E-state index contributed by atoms with van der Waals surface area (Å²) in [6.07, 6.45) is 11.5. The number of hydrazine groups is 2. The van der Waals surface area contributed by atoms with Crippen molar-refractivity contribution < 1.29 is 9.59 Å². The zero-order valence-electron chi connectivity index (χ0n) is 21.0. The minimum Gasteiger partial charge on any atom is -0.297 e. The molecule has 4 N–H and O–H groups in total. The zero-order valence-corrected chi connectivity index (χ0v) is 21.0. The van der Waals surface area contributed by atoms with E-state index in [0.29, 0.717) is 5.92 Å². The molecule has 2 amide bonds. The van der Waals surface area contributed by atoms with Crippen molar-refractivity contribution in [3.63, 3.8) is 0 Å². The van der Waals surface area contributed by atoms with Gasteiger partial charge in [-0.25, -0.2) is 16.5 Å². The van der Waals surface area contributed by atoms with Crippen molar-refractivity contribution in [2.45, 2.75) is 97.9 Å². The number of carbonyl (C=O) groups is 2. The molecule has 0 aromatic carbocycles. The Morgan fingerprint density at radius 1 is 0.938 bits per heavy atom. The fraction of sp³-hybridized carbons (Fsp3) is 0.923. The summed E-state index contributed by atoms with van der Waals surface area (Å²) in [4.78, 5) is 26.0. The molecule has 0 heterocycles. The Hall–Kier alpha value is -1.14. The molecule has 6 nitrogen and oxygen atoms in total. The summed E-state index contributed by atoms with van der Waals surface area (Å²) < 4.78 is 0. The van der Waals surface area contributed by atoms with E-state index in [1.165, 1.54) is 38.5 Å².